The number of nitrogens with two attached hydrogens (primary N) is 1. The van der Waals surface area contributed by atoms with Gasteiger partial charge in [-0.3, -0.25) is 14.7 Å². The summed E-state index contributed by atoms with van der Waals surface area (Å²) in [6.07, 6.45) is 5.59. The van der Waals surface area contributed by atoms with Crippen LogP contribution in [0.3, 0.4) is 0 Å². The highest BCUT2D eigenvalue weighted by Crippen LogP contribution is 2.29. The lowest BCUT2D eigenvalue weighted by Crippen LogP contribution is -2.46. The molecule has 1 amide bonds. The van der Waals surface area contributed by atoms with Crippen LogP contribution >= 0.6 is 0 Å². The quantitative estimate of drug-likeness (QED) is 0.702. The minimum absolute atomic E-state index is 0.0567. The van der Waals surface area contributed by atoms with Gasteiger partial charge in [-0.25, -0.2) is 0 Å². The Balaban J connectivity index is 1.54. The van der Waals surface area contributed by atoms with E-state index >= 15 is 0 Å². The maximum atomic E-state index is 11.1. The molecule has 1 saturated heterocycles. The largest absolute Gasteiger partial charge is 0.459 e. The Hall–Kier alpha value is -2.70. The summed E-state index contributed by atoms with van der Waals surface area (Å²) in [6, 6.07) is 14.4. The summed E-state index contributed by atoms with van der Waals surface area (Å²) in [5.74, 6) is 0.626. The molecule has 0 aliphatic carbocycles. The first kappa shape index (κ1) is 17.7. The van der Waals surface area contributed by atoms with Crippen LogP contribution in [0.15, 0.2) is 59.3 Å². The Morgan fingerprint density at radius 1 is 1.26 bits per heavy atom. The predicted octanol–water partition coefficient (Wildman–Crippen LogP) is 2.46. The van der Waals surface area contributed by atoms with Gasteiger partial charge in [-0.05, 0) is 36.6 Å². The van der Waals surface area contributed by atoms with E-state index in [9.17, 15) is 4.79 Å². The Bertz CT molecular complexity index is 868. The van der Waals surface area contributed by atoms with Crippen LogP contribution in [0.1, 0.15) is 30.2 Å². The highest BCUT2D eigenvalue weighted by molar-refractivity contribution is 5.78. The number of benzene rings is 1. The molecule has 140 valence electrons. The molecule has 3 heterocycles. The number of carbonyl (C=O) groups excluding carboxylic acids is 1. The zero-order valence-corrected chi connectivity index (χ0v) is 15.2. The van der Waals surface area contributed by atoms with E-state index in [1.807, 2.05) is 30.5 Å². The lowest BCUT2D eigenvalue weighted by molar-refractivity contribution is -0.119. The number of para-hydroxylation sites is 1. The average molecular weight is 364 g/mol. The van der Waals surface area contributed by atoms with Crippen LogP contribution in [0, 0.1) is 0 Å². The van der Waals surface area contributed by atoms with Crippen molar-refractivity contribution in [1.29, 1.82) is 0 Å². The summed E-state index contributed by atoms with van der Waals surface area (Å²) in [5, 5.41) is 4.84. The second kappa shape index (κ2) is 7.90. The molecule has 6 nitrogen and oxygen atoms in total. The van der Waals surface area contributed by atoms with Crippen molar-refractivity contribution in [2.24, 2.45) is 5.73 Å². The van der Waals surface area contributed by atoms with Gasteiger partial charge in [-0.1, -0.05) is 24.3 Å². The SMILES string of the molecule is NC(=O)CN1CCC(NC(c2cccnc2)c2cc3ccccc3o2)CC1. The van der Waals surface area contributed by atoms with Gasteiger partial charge in [-0.15, -0.1) is 0 Å². The number of primary amides is 1. The van der Waals surface area contributed by atoms with Crippen LogP contribution in [0.5, 0.6) is 0 Å². The number of fused-ring (bicyclic) bond motifs is 1. The summed E-state index contributed by atoms with van der Waals surface area (Å²) in [5.41, 5.74) is 7.28. The van der Waals surface area contributed by atoms with Gasteiger partial charge in [0.05, 0.1) is 12.6 Å². The normalized spacial score (nSPS) is 17.2. The van der Waals surface area contributed by atoms with Gasteiger partial charge < -0.3 is 15.5 Å². The molecule has 27 heavy (non-hydrogen) atoms. The number of hydrogen-bond acceptors (Lipinski definition) is 5. The van der Waals surface area contributed by atoms with Crippen molar-refractivity contribution in [2.45, 2.75) is 24.9 Å². The topological polar surface area (TPSA) is 84.4 Å². The molecule has 0 spiro atoms. The zero-order chi connectivity index (χ0) is 18.6. The molecule has 6 heteroatoms. The second-order valence-corrected chi connectivity index (χ2v) is 7.09. The molecular weight excluding hydrogens is 340 g/mol. The predicted molar refractivity (Wildman–Crippen MR) is 104 cm³/mol. The summed E-state index contributed by atoms with van der Waals surface area (Å²) in [4.78, 5) is 17.5. The molecule has 2 aromatic heterocycles. The number of amides is 1. The van der Waals surface area contributed by atoms with Crippen LogP contribution < -0.4 is 11.1 Å². The number of piperidine rings is 1. The van der Waals surface area contributed by atoms with Crippen LogP contribution in [-0.4, -0.2) is 41.5 Å². The Morgan fingerprint density at radius 2 is 2.07 bits per heavy atom. The van der Waals surface area contributed by atoms with E-state index in [1.54, 1.807) is 6.20 Å². The number of furan rings is 1. The van der Waals surface area contributed by atoms with Gasteiger partial charge in [0.2, 0.25) is 5.91 Å². The molecule has 1 aliphatic heterocycles. The first-order valence-corrected chi connectivity index (χ1v) is 9.34. The van der Waals surface area contributed by atoms with Crippen LogP contribution in [0.4, 0.5) is 0 Å². The Kier molecular flexibility index (Phi) is 5.18. The Labute approximate surface area is 158 Å². The zero-order valence-electron chi connectivity index (χ0n) is 15.2. The highest BCUT2D eigenvalue weighted by Gasteiger charge is 2.26. The molecule has 0 saturated carbocycles. The molecule has 1 unspecified atom stereocenters. The van der Waals surface area contributed by atoms with E-state index in [0.717, 1.165) is 48.2 Å². The van der Waals surface area contributed by atoms with Crippen molar-refractivity contribution in [1.82, 2.24) is 15.2 Å². The van der Waals surface area contributed by atoms with Crippen molar-refractivity contribution in [3.63, 3.8) is 0 Å². The maximum absolute atomic E-state index is 11.1. The number of likely N-dealkylation sites (tertiary alicyclic amines) is 1. The third kappa shape index (κ3) is 4.18. The van der Waals surface area contributed by atoms with E-state index in [2.05, 4.69) is 33.4 Å². The standard InChI is InChI=1S/C21H24N4O2/c22-20(26)14-25-10-7-17(8-11-25)24-21(16-5-3-9-23-13-16)19-12-15-4-1-2-6-18(15)27-19/h1-6,9,12-13,17,21,24H,7-8,10-11,14H2,(H2,22,26). The van der Waals surface area contributed by atoms with Gasteiger partial charge in [0, 0.05) is 36.9 Å². The fourth-order valence-corrected chi connectivity index (χ4v) is 3.75. The maximum Gasteiger partial charge on any atom is 0.231 e. The number of nitrogens with zero attached hydrogens (tertiary/aromatic N) is 2. The summed E-state index contributed by atoms with van der Waals surface area (Å²) < 4.78 is 6.14. The number of rotatable bonds is 6. The van der Waals surface area contributed by atoms with Gasteiger partial charge >= 0.3 is 0 Å². The number of pyridine rings is 1. The van der Waals surface area contributed by atoms with Crippen molar-refractivity contribution < 1.29 is 9.21 Å². The number of aromatic nitrogens is 1. The fourth-order valence-electron chi connectivity index (χ4n) is 3.75. The molecular formula is C21H24N4O2. The first-order chi connectivity index (χ1) is 13.2. The minimum Gasteiger partial charge on any atom is -0.459 e. The highest BCUT2D eigenvalue weighted by atomic mass is 16.3. The van der Waals surface area contributed by atoms with Gasteiger partial charge in [0.1, 0.15) is 11.3 Å². The third-order valence-electron chi connectivity index (χ3n) is 5.12. The van der Waals surface area contributed by atoms with Gasteiger partial charge in [-0.2, -0.15) is 0 Å². The number of nitrogens with one attached hydrogen (secondary N) is 1. The molecule has 4 rings (SSSR count). The van der Waals surface area contributed by atoms with E-state index in [-0.39, 0.29) is 11.9 Å². The molecule has 1 atom stereocenters. The average Bonchev–Trinajstić information content (AvgIpc) is 3.11. The molecule has 0 radical (unpaired) electrons. The summed E-state index contributed by atoms with van der Waals surface area (Å²) in [6.45, 7) is 2.06. The van der Waals surface area contributed by atoms with E-state index in [0.29, 0.717) is 12.6 Å². The second-order valence-electron chi connectivity index (χ2n) is 7.09. The van der Waals surface area contributed by atoms with Crippen molar-refractivity contribution in [3.05, 3.63) is 66.2 Å². The Morgan fingerprint density at radius 3 is 2.78 bits per heavy atom. The lowest BCUT2D eigenvalue weighted by Gasteiger charge is -2.33. The van der Waals surface area contributed by atoms with Crippen LogP contribution in [0.2, 0.25) is 0 Å². The number of hydrogen-bond donors (Lipinski definition) is 2. The molecule has 1 aliphatic rings. The molecule has 0 bridgehead atoms. The van der Waals surface area contributed by atoms with E-state index < -0.39 is 0 Å². The van der Waals surface area contributed by atoms with Crippen molar-refractivity contribution in [3.8, 4) is 0 Å². The van der Waals surface area contributed by atoms with Crippen molar-refractivity contribution in [2.75, 3.05) is 19.6 Å². The fraction of sp³-hybridized carbons (Fsp3) is 0.333. The summed E-state index contributed by atoms with van der Waals surface area (Å²) >= 11 is 0. The van der Waals surface area contributed by atoms with Crippen molar-refractivity contribution >= 4 is 16.9 Å². The molecule has 1 aromatic carbocycles. The lowest BCUT2D eigenvalue weighted by atomic mass is 10.00. The van der Waals surface area contributed by atoms with E-state index in [4.69, 9.17) is 10.2 Å². The first-order valence-electron chi connectivity index (χ1n) is 9.34. The van der Waals surface area contributed by atoms with Crippen LogP contribution in [0.25, 0.3) is 11.0 Å². The number of carbonyl (C=O) groups is 1. The van der Waals surface area contributed by atoms with Crippen LogP contribution in [-0.2, 0) is 4.79 Å². The minimum atomic E-state index is -0.267. The van der Waals surface area contributed by atoms with E-state index in [1.165, 1.54) is 0 Å². The molecule has 3 aromatic rings. The van der Waals surface area contributed by atoms with Gasteiger partial charge in [0.25, 0.3) is 0 Å². The monoisotopic (exact) mass is 364 g/mol. The molecule has 3 N–H and O–H groups in total. The third-order valence-corrected chi connectivity index (χ3v) is 5.12. The summed E-state index contributed by atoms with van der Waals surface area (Å²) in [7, 11) is 0. The smallest absolute Gasteiger partial charge is 0.231 e. The molecule has 1 fully saturated rings. The van der Waals surface area contributed by atoms with Gasteiger partial charge in [0.15, 0.2) is 0 Å².